The van der Waals surface area contributed by atoms with Gasteiger partial charge in [0.05, 0.1) is 6.54 Å². The molecule has 6 nitrogen and oxygen atoms in total. The van der Waals surface area contributed by atoms with Crippen molar-refractivity contribution in [3.8, 4) is 0 Å². The molecule has 0 amide bonds. The summed E-state index contributed by atoms with van der Waals surface area (Å²) in [4.78, 5) is 34.0. The molecule has 0 aliphatic carbocycles. The normalized spacial score (nSPS) is 12.3. The fourth-order valence-electron chi connectivity index (χ4n) is 3.71. The van der Waals surface area contributed by atoms with Gasteiger partial charge in [-0.25, -0.2) is 14.3 Å². The van der Waals surface area contributed by atoms with Gasteiger partial charge in [-0.15, -0.1) is 6.58 Å². The van der Waals surface area contributed by atoms with Crippen molar-refractivity contribution in [2.24, 2.45) is 0 Å². The molecule has 1 unspecified atom stereocenters. The van der Waals surface area contributed by atoms with Gasteiger partial charge in [0.1, 0.15) is 5.52 Å². The Morgan fingerprint density at radius 3 is 2.63 bits per heavy atom. The SMILES string of the molecule is C=CC(C)c1ccc2c(c1)nc1c(=O)[nH]c(=O)[nH]c1[n+]2CCCc1ccc(C)cc1. The fraction of sp³-hybridized carbons (Fsp3) is 0.250. The lowest BCUT2D eigenvalue weighted by molar-refractivity contribution is -0.648. The molecular weight excluding hydrogens is 376 g/mol. The molecule has 6 heteroatoms. The molecule has 0 aliphatic rings. The largest absolute Gasteiger partial charge is 0.413 e. The summed E-state index contributed by atoms with van der Waals surface area (Å²) in [5.41, 5.74) is 4.86. The van der Waals surface area contributed by atoms with Crippen LogP contribution in [0.1, 0.15) is 36.0 Å². The molecular formula is C24H25N4O2+. The summed E-state index contributed by atoms with van der Waals surface area (Å²) in [6.07, 6.45) is 3.64. The van der Waals surface area contributed by atoms with Gasteiger partial charge in [0.15, 0.2) is 5.52 Å². The van der Waals surface area contributed by atoms with Crippen molar-refractivity contribution in [3.05, 3.63) is 92.6 Å². The third kappa shape index (κ3) is 3.81. The van der Waals surface area contributed by atoms with Gasteiger partial charge in [-0.3, -0.25) is 9.78 Å². The molecule has 2 heterocycles. The Kier molecular flexibility index (Phi) is 5.31. The highest BCUT2D eigenvalue weighted by Gasteiger charge is 2.19. The minimum Gasteiger partial charge on any atom is -0.267 e. The predicted molar refractivity (Wildman–Crippen MR) is 119 cm³/mol. The number of hydrogen-bond donors (Lipinski definition) is 2. The molecule has 4 rings (SSSR count). The summed E-state index contributed by atoms with van der Waals surface area (Å²) in [5, 5.41) is 0. The van der Waals surface area contributed by atoms with Crippen molar-refractivity contribution in [1.29, 1.82) is 0 Å². The third-order valence-corrected chi connectivity index (χ3v) is 5.54. The number of nitrogens with zero attached hydrogens (tertiary/aromatic N) is 2. The summed E-state index contributed by atoms with van der Waals surface area (Å²) in [7, 11) is 0. The molecule has 4 aromatic rings. The van der Waals surface area contributed by atoms with E-state index in [4.69, 9.17) is 0 Å². The van der Waals surface area contributed by atoms with E-state index in [1.807, 2.05) is 28.8 Å². The van der Waals surface area contributed by atoms with Crippen LogP contribution >= 0.6 is 0 Å². The topological polar surface area (TPSA) is 82.5 Å². The zero-order valence-corrected chi connectivity index (χ0v) is 17.2. The Labute approximate surface area is 173 Å². The molecule has 0 bridgehead atoms. The van der Waals surface area contributed by atoms with Crippen LogP contribution < -0.4 is 15.8 Å². The zero-order valence-electron chi connectivity index (χ0n) is 17.2. The number of H-pyrrole nitrogens is 2. The van der Waals surface area contributed by atoms with E-state index in [1.165, 1.54) is 11.1 Å². The van der Waals surface area contributed by atoms with Gasteiger partial charge >= 0.3 is 11.3 Å². The van der Waals surface area contributed by atoms with Crippen LogP contribution in [0.15, 0.2) is 64.7 Å². The number of benzene rings is 2. The maximum Gasteiger partial charge on any atom is 0.413 e. The Bertz CT molecular complexity index is 1350. The van der Waals surface area contributed by atoms with Crippen molar-refractivity contribution in [1.82, 2.24) is 15.0 Å². The summed E-state index contributed by atoms with van der Waals surface area (Å²) < 4.78 is 1.99. The minimum atomic E-state index is -0.530. The lowest BCUT2D eigenvalue weighted by atomic mass is 10.0. The number of aromatic amines is 2. The summed E-state index contributed by atoms with van der Waals surface area (Å²) in [6.45, 7) is 8.65. The number of aryl methyl sites for hydroxylation is 3. The number of nitrogens with one attached hydrogen (secondary N) is 2. The standard InChI is InChI=1S/C24H24N4O2/c1-4-16(3)18-11-12-20-19(14-18)25-21-22(26-24(30)27-23(21)29)28(20)13-5-6-17-9-7-15(2)8-10-17/h4,7-12,14,16H,1,5-6,13H2,2-3H3,(H,27,29,30)/p+1. The van der Waals surface area contributed by atoms with E-state index in [0.717, 1.165) is 29.4 Å². The first-order chi connectivity index (χ1) is 14.5. The molecule has 1 atom stereocenters. The van der Waals surface area contributed by atoms with Crippen LogP contribution in [-0.4, -0.2) is 15.0 Å². The zero-order chi connectivity index (χ0) is 21.3. The fourth-order valence-corrected chi connectivity index (χ4v) is 3.71. The van der Waals surface area contributed by atoms with Crippen molar-refractivity contribution < 1.29 is 4.57 Å². The molecule has 2 aromatic carbocycles. The maximum absolute atomic E-state index is 12.4. The van der Waals surface area contributed by atoms with Gasteiger partial charge in [-0.2, -0.15) is 4.98 Å². The molecule has 0 fully saturated rings. The van der Waals surface area contributed by atoms with Crippen LogP contribution in [0, 0.1) is 6.92 Å². The highest BCUT2D eigenvalue weighted by atomic mass is 16.2. The first kappa shape index (κ1) is 19.8. The van der Waals surface area contributed by atoms with Crippen molar-refractivity contribution in [2.75, 3.05) is 0 Å². The second kappa shape index (κ2) is 8.06. The van der Waals surface area contributed by atoms with Gasteiger partial charge in [0.25, 0.3) is 5.56 Å². The van der Waals surface area contributed by atoms with E-state index in [0.29, 0.717) is 12.2 Å². The summed E-state index contributed by atoms with van der Waals surface area (Å²) in [6, 6.07) is 14.5. The average Bonchev–Trinajstić information content (AvgIpc) is 2.74. The van der Waals surface area contributed by atoms with Crippen LogP contribution in [-0.2, 0) is 13.0 Å². The van der Waals surface area contributed by atoms with Gasteiger partial charge in [-0.05, 0) is 48.9 Å². The smallest absolute Gasteiger partial charge is 0.267 e. The molecule has 2 N–H and O–H groups in total. The predicted octanol–water partition coefficient (Wildman–Crippen LogP) is 3.28. The number of rotatable bonds is 6. The highest BCUT2D eigenvalue weighted by molar-refractivity contribution is 5.79. The molecule has 0 saturated heterocycles. The van der Waals surface area contributed by atoms with Crippen LogP contribution in [0.2, 0.25) is 0 Å². The number of hydrogen-bond acceptors (Lipinski definition) is 3. The van der Waals surface area contributed by atoms with Crippen molar-refractivity contribution >= 4 is 22.2 Å². The Balaban J connectivity index is 1.81. The van der Waals surface area contributed by atoms with Crippen molar-refractivity contribution in [3.63, 3.8) is 0 Å². The highest BCUT2D eigenvalue weighted by Crippen LogP contribution is 2.20. The molecule has 152 valence electrons. The van der Waals surface area contributed by atoms with Crippen LogP contribution in [0.4, 0.5) is 0 Å². The van der Waals surface area contributed by atoms with E-state index in [2.05, 4.69) is 59.6 Å². The minimum absolute atomic E-state index is 0.177. The van der Waals surface area contributed by atoms with Crippen molar-refractivity contribution in [2.45, 2.75) is 39.2 Å². The van der Waals surface area contributed by atoms with E-state index in [1.54, 1.807) is 0 Å². The summed E-state index contributed by atoms with van der Waals surface area (Å²) >= 11 is 0. The van der Waals surface area contributed by atoms with Gasteiger partial charge in [0, 0.05) is 0 Å². The van der Waals surface area contributed by atoms with Crippen LogP contribution in [0.5, 0.6) is 0 Å². The quantitative estimate of drug-likeness (QED) is 0.295. The van der Waals surface area contributed by atoms with Crippen LogP contribution in [0.25, 0.3) is 22.2 Å². The number of fused-ring (bicyclic) bond motifs is 2. The molecule has 0 spiro atoms. The lowest BCUT2D eigenvalue weighted by Crippen LogP contribution is -2.40. The van der Waals surface area contributed by atoms with Gasteiger partial charge in [0.2, 0.25) is 5.52 Å². The first-order valence-electron chi connectivity index (χ1n) is 10.1. The first-order valence-corrected chi connectivity index (χ1v) is 10.1. The molecule has 30 heavy (non-hydrogen) atoms. The number of aromatic nitrogens is 4. The number of allylic oxidation sites excluding steroid dienone is 1. The maximum atomic E-state index is 12.4. The summed E-state index contributed by atoms with van der Waals surface area (Å²) in [5.74, 6) is 0.177. The Hall–Kier alpha value is -3.54. The molecule has 2 aromatic heterocycles. The third-order valence-electron chi connectivity index (χ3n) is 5.54. The van der Waals surface area contributed by atoms with Gasteiger partial charge < -0.3 is 0 Å². The van der Waals surface area contributed by atoms with E-state index in [-0.39, 0.29) is 11.4 Å². The van der Waals surface area contributed by atoms with E-state index < -0.39 is 11.2 Å². The second-order valence-corrected chi connectivity index (χ2v) is 7.73. The average molecular weight is 401 g/mol. The Morgan fingerprint density at radius 1 is 1.13 bits per heavy atom. The van der Waals surface area contributed by atoms with Gasteiger partial charge in [-0.1, -0.05) is 48.9 Å². The second-order valence-electron chi connectivity index (χ2n) is 7.73. The van der Waals surface area contributed by atoms with Crippen LogP contribution in [0.3, 0.4) is 0 Å². The van der Waals surface area contributed by atoms with E-state index >= 15 is 0 Å². The molecule has 0 radical (unpaired) electrons. The monoisotopic (exact) mass is 401 g/mol. The molecule has 0 aliphatic heterocycles. The molecule has 0 saturated carbocycles. The Morgan fingerprint density at radius 2 is 1.90 bits per heavy atom. The lowest BCUT2D eigenvalue weighted by Gasteiger charge is -2.11. The van der Waals surface area contributed by atoms with E-state index in [9.17, 15) is 9.59 Å².